The Morgan fingerprint density at radius 2 is 1.83 bits per heavy atom. The molecule has 0 aliphatic heterocycles. The molecule has 9 nitrogen and oxygen atoms in total. The lowest BCUT2D eigenvalue weighted by Gasteiger charge is -2.10. The Morgan fingerprint density at radius 3 is 2.53 bits per heavy atom. The molecule has 156 valence electrons. The molecule has 0 saturated heterocycles. The zero-order valence-electron chi connectivity index (χ0n) is 16.6. The summed E-state index contributed by atoms with van der Waals surface area (Å²) in [7, 11) is 1.53. The molecule has 4 N–H and O–H groups in total. The highest BCUT2D eigenvalue weighted by molar-refractivity contribution is 6.32. The predicted molar refractivity (Wildman–Crippen MR) is 118 cm³/mol. The Balaban J connectivity index is 1.39. The fourth-order valence-corrected chi connectivity index (χ4v) is 2.77. The summed E-state index contributed by atoms with van der Waals surface area (Å²) < 4.78 is 5.08. The maximum Gasteiger partial charge on any atom is 0.319 e. The van der Waals surface area contributed by atoms with E-state index < -0.39 is 0 Å². The topological polar surface area (TPSA) is 113 Å². The van der Waals surface area contributed by atoms with Crippen LogP contribution in [0.25, 0.3) is 0 Å². The minimum atomic E-state index is -0.339. The lowest BCUT2D eigenvalue weighted by molar-refractivity contribution is 0.252. The fourth-order valence-electron chi connectivity index (χ4n) is 2.51. The van der Waals surface area contributed by atoms with Gasteiger partial charge in [0.2, 0.25) is 0 Å². The minimum absolute atomic E-state index is 0.339. The Kier molecular flexibility index (Phi) is 7.23. The van der Waals surface area contributed by atoms with Gasteiger partial charge < -0.3 is 26.0 Å². The summed E-state index contributed by atoms with van der Waals surface area (Å²) in [6.45, 7) is 2.87. The first-order valence-electron chi connectivity index (χ1n) is 9.19. The number of carbonyl (C=O) groups is 1. The summed E-state index contributed by atoms with van der Waals surface area (Å²) in [4.78, 5) is 16.2. The van der Waals surface area contributed by atoms with E-state index in [0.29, 0.717) is 47.0 Å². The van der Waals surface area contributed by atoms with Gasteiger partial charge in [-0.05, 0) is 55.0 Å². The van der Waals surface area contributed by atoms with Gasteiger partial charge in [0.25, 0.3) is 0 Å². The zero-order valence-corrected chi connectivity index (χ0v) is 17.3. The Hall–Kier alpha value is -3.59. The van der Waals surface area contributed by atoms with E-state index in [4.69, 9.17) is 16.3 Å². The average Bonchev–Trinajstić information content (AvgIpc) is 2.72. The summed E-state index contributed by atoms with van der Waals surface area (Å²) in [6, 6.07) is 12.1. The van der Waals surface area contributed by atoms with Crippen molar-refractivity contribution in [2.75, 3.05) is 36.1 Å². The van der Waals surface area contributed by atoms with Gasteiger partial charge in [0, 0.05) is 25.0 Å². The normalized spacial score (nSPS) is 10.2. The summed E-state index contributed by atoms with van der Waals surface area (Å²) in [5.74, 6) is 2.44. The molecular formula is C20H22ClN7O2. The Morgan fingerprint density at radius 1 is 1.03 bits per heavy atom. The number of benzene rings is 1. The number of carbonyl (C=O) groups excluding carboxylic acids is 1. The van der Waals surface area contributed by atoms with Gasteiger partial charge in [-0.2, -0.15) is 0 Å². The van der Waals surface area contributed by atoms with Crippen molar-refractivity contribution in [3.05, 3.63) is 59.2 Å². The van der Waals surface area contributed by atoms with Gasteiger partial charge in [0.15, 0.2) is 5.82 Å². The number of methoxy groups -OCH3 is 1. The van der Waals surface area contributed by atoms with Crippen LogP contribution in [0.15, 0.2) is 48.7 Å². The number of anilines is 4. The van der Waals surface area contributed by atoms with Gasteiger partial charge in [-0.15, -0.1) is 10.2 Å². The number of urea groups is 1. The van der Waals surface area contributed by atoms with Crippen molar-refractivity contribution in [1.82, 2.24) is 20.5 Å². The molecule has 0 atom stereocenters. The number of rotatable bonds is 8. The summed E-state index contributed by atoms with van der Waals surface area (Å²) in [5, 5.41) is 20.3. The van der Waals surface area contributed by atoms with Crippen molar-refractivity contribution >= 4 is 40.8 Å². The molecular weight excluding hydrogens is 406 g/mol. The Labute approximate surface area is 179 Å². The van der Waals surface area contributed by atoms with Crippen molar-refractivity contribution in [3.63, 3.8) is 0 Å². The molecule has 0 bridgehead atoms. The van der Waals surface area contributed by atoms with Crippen molar-refractivity contribution < 1.29 is 9.53 Å². The van der Waals surface area contributed by atoms with E-state index in [-0.39, 0.29) is 6.03 Å². The van der Waals surface area contributed by atoms with E-state index in [2.05, 4.69) is 36.4 Å². The number of aryl methyl sites for hydroxylation is 1. The fraction of sp³-hybridized carbons (Fsp3) is 0.200. The van der Waals surface area contributed by atoms with Crippen LogP contribution in [-0.4, -0.2) is 41.4 Å². The number of hydrogen-bond acceptors (Lipinski definition) is 7. The molecule has 0 unspecified atom stereocenters. The van der Waals surface area contributed by atoms with Crippen LogP contribution in [0.5, 0.6) is 5.75 Å². The second-order valence-electron chi connectivity index (χ2n) is 6.30. The molecule has 0 fully saturated rings. The molecule has 0 radical (unpaired) electrons. The van der Waals surface area contributed by atoms with Crippen LogP contribution < -0.4 is 26.0 Å². The first-order valence-corrected chi connectivity index (χ1v) is 9.57. The number of halogens is 1. The van der Waals surface area contributed by atoms with E-state index in [1.807, 2.05) is 19.1 Å². The number of pyridine rings is 1. The predicted octanol–water partition coefficient (Wildman–Crippen LogP) is 3.82. The maximum absolute atomic E-state index is 12.0. The average molecular weight is 428 g/mol. The van der Waals surface area contributed by atoms with Crippen LogP contribution in [0, 0.1) is 6.92 Å². The summed E-state index contributed by atoms with van der Waals surface area (Å²) in [6.07, 6.45) is 1.73. The summed E-state index contributed by atoms with van der Waals surface area (Å²) in [5.41, 5.74) is 1.67. The van der Waals surface area contributed by atoms with Crippen molar-refractivity contribution in [1.29, 1.82) is 0 Å². The van der Waals surface area contributed by atoms with E-state index in [1.54, 1.807) is 36.5 Å². The van der Waals surface area contributed by atoms with Gasteiger partial charge in [0.1, 0.15) is 17.4 Å². The monoisotopic (exact) mass is 427 g/mol. The molecule has 2 aromatic heterocycles. The third-order valence-electron chi connectivity index (χ3n) is 3.96. The van der Waals surface area contributed by atoms with Crippen molar-refractivity contribution in [3.8, 4) is 5.75 Å². The summed E-state index contributed by atoms with van der Waals surface area (Å²) >= 11 is 6.04. The maximum atomic E-state index is 12.0. The molecule has 0 aliphatic rings. The van der Waals surface area contributed by atoms with Crippen LogP contribution >= 0.6 is 11.6 Å². The number of ether oxygens (including phenoxy) is 1. The molecule has 3 aromatic rings. The largest absolute Gasteiger partial charge is 0.495 e. The Bertz CT molecular complexity index is 999. The highest BCUT2D eigenvalue weighted by atomic mass is 35.5. The van der Waals surface area contributed by atoms with Crippen LogP contribution in [0.4, 0.5) is 27.9 Å². The van der Waals surface area contributed by atoms with E-state index >= 15 is 0 Å². The number of nitrogens with zero attached hydrogens (tertiary/aromatic N) is 3. The van der Waals surface area contributed by atoms with Gasteiger partial charge in [-0.25, -0.2) is 9.78 Å². The van der Waals surface area contributed by atoms with Crippen molar-refractivity contribution in [2.24, 2.45) is 0 Å². The molecule has 0 saturated carbocycles. The van der Waals surface area contributed by atoms with E-state index in [9.17, 15) is 4.79 Å². The standard InChI is InChI=1S/C20H22ClN7O2/c1-13-7-8-22-19(11-13)26-18-6-5-17(27-28-18)23-9-10-24-20(29)25-14-3-4-16(30-2)15(21)12-14/h3-8,11-12H,9-10H2,1-2H3,(H,23,27)(H,22,26,28)(H2,24,25,29). The van der Waals surface area contributed by atoms with Crippen LogP contribution in [-0.2, 0) is 0 Å². The second kappa shape index (κ2) is 10.3. The molecule has 30 heavy (non-hydrogen) atoms. The van der Waals surface area contributed by atoms with Gasteiger partial charge in [0.05, 0.1) is 12.1 Å². The second-order valence-corrected chi connectivity index (χ2v) is 6.71. The van der Waals surface area contributed by atoms with Crippen LogP contribution in [0.2, 0.25) is 5.02 Å². The lowest BCUT2D eigenvalue weighted by Crippen LogP contribution is -2.32. The van der Waals surface area contributed by atoms with Gasteiger partial charge in [-0.3, -0.25) is 0 Å². The van der Waals surface area contributed by atoms with Crippen LogP contribution in [0.1, 0.15) is 5.56 Å². The first-order chi connectivity index (χ1) is 14.5. The third kappa shape index (κ3) is 6.21. The number of nitrogens with one attached hydrogen (secondary N) is 4. The highest BCUT2D eigenvalue weighted by Gasteiger charge is 2.05. The third-order valence-corrected chi connectivity index (χ3v) is 4.26. The smallest absolute Gasteiger partial charge is 0.319 e. The molecule has 0 aliphatic carbocycles. The zero-order chi connectivity index (χ0) is 21.3. The van der Waals surface area contributed by atoms with E-state index in [1.165, 1.54) is 7.11 Å². The molecule has 1 aromatic carbocycles. The molecule has 3 rings (SSSR count). The van der Waals surface area contributed by atoms with E-state index in [0.717, 1.165) is 5.56 Å². The molecule has 0 spiro atoms. The minimum Gasteiger partial charge on any atom is -0.495 e. The lowest BCUT2D eigenvalue weighted by atomic mass is 10.3. The molecule has 2 amide bonds. The first kappa shape index (κ1) is 21.1. The molecule has 2 heterocycles. The SMILES string of the molecule is COc1ccc(NC(=O)NCCNc2ccc(Nc3cc(C)ccn3)nn2)cc1Cl. The number of aromatic nitrogens is 3. The van der Waals surface area contributed by atoms with Gasteiger partial charge >= 0.3 is 6.03 Å². The quantitative estimate of drug-likeness (QED) is 0.404. The molecule has 10 heteroatoms. The van der Waals surface area contributed by atoms with Crippen molar-refractivity contribution in [2.45, 2.75) is 6.92 Å². The number of amides is 2. The highest BCUT2D eigenvalue weighted by Crippen LogP contribution is 2.27. The van der Waals surface area contributed by atoms with Crippen LogP contribution in [0.3, 0.4) is 0 Å². The van der Waals surface area contributed by atoms with Gasteiger partial charge in [-0.1, -0.05) is 11.6 Å². The number of hydrogen-bond donors (Lipinski definition) is 4.